The standard InChI is InChI=1S/C20H25NO4S/c1-13-6-10-16(11-7-13)26(23,24)21-18-17-14(2)8-9-15-5-3-4-12-20(15,17)19(22)25-18/h6-7,10-11,15,17-18,21H,2-5,8-9,12H2,1H3/t15-,17-,18+,20-/m1/s1. The fraction of sp³-hybridized carbons (Fsp3) is 0.550. The second-order valence-corrected chi connectivity index (χ2v) is 9.63. The van der Waals surface area contributed by atoms with E-state index in [0.29, 0.717) is 0 Å². The van der Waals surface area contributed by atoms with Gasteiger partial charge in [0.2, 0.25) is 10.0 Å². The summed E-state index contributed by atoms with van der Waals surface area (Å²) in [6.07, 6.45) is 4.80. The third kappa shape index (κ3) is 2.62. The lowest BCUT2D eigenvalue weighted by atomic mass is 9.54. The number of ether oxygens (including phenoxy) is 1. The molecule has 1 saturated heterocycles. The maximum atomic E-state index is 12.9. The molecule has 2 aliphatic carbocycles. The van der Waals surface area contributed by atoms with Crippen molar-refractivity contribution in [3.8, 4) is 0 Å². The molecule has 3 fully saturated rings. The van der Waals surface area contributed by atoms with Crippen LogP contribution in [0.25, 0.3) is 0 Å². The van der Waals surface area contributed by atoms with Crippen molar-refractivity contribution in [3.05, 3.63) is 42.0 Å². The lowest BCUT2D eigenvalue weighted by molar-refractivity contribution is -0.153. The van der Waals surface area contributed by atoms with Gasteiger partial charge >= 0.3 is 5.97 Å². The number of rotatable bonds is 3. The van der Waals surface area contributed by atoms with Crippen molar-refractivity contribution in [2.24, 2.45) is 17.3 Å². The Labute approximate surface area is 154 Å². The van der Waals surface area contributed by atoms with Crippen molar-refractivity contribution in [1.82, 2.24) is 4.72 Å². The van der Waals surface area contributed by atoms with Gasteiger partial charge in [-0.15, -0.1) is 0 Å². The molecule has 2 saturated carbocycles. The van der Waals surface area contributed by atoms with Gasteiger partial charge in [0.25, 0.3) is 0 Å². The molecule has 0 amide bonds. The predicted octanol–water partition coefficient (Wildman–Crippen LogP) is 3.30. The zero-order valence-electron chi connectivity index (χ0n) is 15.0. The first-order chi connectivity index (χ1) is 12.3. The SMILES string of the molecule is C=C1CC[C@H]2CCCC[C@@]23C(=O)O[C@H](NS(=O)(=O)c2ccc(C)cc2)[C@@H]13. The van der Waals surface area contributed by atoms with Crippen molar-refractivity contribution >= 4 is 16.0 Å². The minimum Gasteiger partial charge on any atom is -0.444 e. The summed E-state index contributed by atoms with van der Waals surface area (Å²) in [6.45, 7) is 6.08. The Hall–Kier alpha value is -1.66. The molecule has 6 heteroatoms. The Morgan fingerprint density at radius 1 is 1.19 bits per heavy atom. The van der Waals surface area contributed by atoms with Gasteiger partial charge in [-0.3, -0.25) is 4.79 Å². The maximum Gasteiger partial charge on any atom is 0.314 e. The van der Waals surface area contributed by atoms with Crippen molar-refractivity contribution < 1.29 is 17.9 Å². The van der Waals surface area contributed by atoms with E-state index in [1.807, 2.05) is 6.92 Å². The van der Waals surface area contributed by atoms with Gasteiger partial charge in [0, 0.05) is 5.92 Å². The topological polar surface area (TPSA) is 72.5 Å². The number of benzene rings is 1. The van der Waals surface area contributed by atoms with E-state index < -0.39 is 21.7 Å². The summed E-state index contributed by atoms with van der Waals surface area (Å²) in [5, 5.41) is 0. The number of carbonyl (C=O) groups excluding carboxylic acids is 1. The van der Waals surface area contributed by atoms with Gasteiger partial charge in [-0.25, -0.2) is 8.42 Å². The largest absolute Gasteiger partial charge is 0.444 e. The third-order valence-corrected chi connectivity index (χ3v) is 7.89. The second-order valence-electron chi connectivity index (χ2n) is 7.92. The van der Waals surface area contributed by atoms with E-state index >= 15 is 0 Å². The van der Waals surface area contributed by atoms with Crippen LogP contribution in [0.1, 0.15) is 44.1 Å². The van der Waals surface area contributed by atoms with Crippen molar-refractivity contribution in [1.29, 1.82) is 0 Å². The molecule has 26 heavy (non-hydrogen) atoms. The lowest BCUT2D eigenvalue weighted by Crippen LogP contribution is -2.50. The quantitative estimate of drug-likeness (QED) is 0.650. The Kier molecular flexibility index (Phi) is 4.23. The monoisotopic (exact) mass is 375 g/mol. The number of aryl methyl sites for hydroxylation is 1. The number of esters is 1. The van der Waals surface area contributed by atoms with Crippen molar-refractivity contribution in [2.45, 2.75) is 56.6 Å². The summed E-state index contributed by atoms with van der Waals surface area (Å²) in [7, 11) is -3.77. The molecule has 5 nitrogen and oxygen atoms in total. The number of hydrogen-bond donors (Lipinski definition) is 1. The molecule has 0 unspecified atom stereocenters. The zero-order valence-corrected chi connectivity index (χ0v) is 15.8. The normalized spacial score (nSPS) is 34.1. The van der Waals surface area contributed by atoms with Crippen LogP contribution in [-0.2, 0) is 19.6 Å². The number of nitrogens with one attached hydrogen (secondary N) is 1. The lowest BCUT2D eigenvalue weighted by Gasteiger charge is -2.47. The molecule has 1 spiro atoms. The molecule has 1 aromatic rings. The minimum absolute atomic E-state index is 0.182. The summed E-state index contributed by atoms with van der Waals surface area (Å²) in [5.74, 6) is -0.243. The molecule has 1 aromatic carbocycles. The summed E-state index contributed by atoms with van der Waals surface area (Å²) in [4.78, 5) is 13.1. The van der Waals surface area contributed by atoms with E-state index in [1.165, 1.54) is 0 Å². The molecular formula is C20H25NO4S. The molecule has 140 valence electrons. The average Bonchev–Trinajstić information content (AvgIpc) is 2.87. The van der Waals surface area contributed by atoms with Crippen LogP contribution in [0.3, 0.4) is 0 Å². The number of carbonyl (C=O) groups is 1. The maximum absolute atomic E-state index is 12.9. The molecule has 3 aliphatic rings. The Morgan fingerprint density at radius 2 is 1.92 bits per heavy atom. The Balaban J connectivity index is 1.66. The average molecular weight is 375 g/mol. The first-order valence-electron chi connectivity index (χ1n) is 9.32. The summed E-state index contributed by atoms with van der Waals surface area (Å²) in [6, 6.07) is 6.66. The van der Waals surface area contributed by atoms with E-state index in [0.717, 1.165) is 49.7 Å². The molecule has 4 atom stereocenters. The van der Waals surface area contributed by atoms with E-state index in [2.05, 4.69) is 11.3 Å². The highest BCUT2D eigenvalue weighted by Gasteiger charge is 2.64. The molecular weight excluding hydrogens is 350 g/mol. The molecule has 1 aliphatic heterocycles. The number of hydrogen-bond acceptors (Lipinski definition) is 4. The van der Waals surface area contributed by atoms with Crippen LogP contribution >= 0.6 is 0 Å². The highest BCUT2D eigenvalue weighted by atomic mass is 32.2. The molecule has 0 aromatic heterocycles. The summed E-state index contributed by atoms with van der Waals surface area (Å²) < 4.78 is 33.9. The van der Waals surface area contributed by atoms with Gasteiger partial charge < -0.3 is 4.74 Å². The van der Waals surface area contributed by atoms with Crippen LogP contribution < -0.4 is 4.72 Å². The van der Waals surface area contributed by atoms with Crippen LogP contribution in [0.2, 0.25) is 0 Å². The van der Waals surface area contributed by atoms with Gasteiger partial charge in [-0.2, -0.15) is 4.72 Å². The fourth-order valence-electron chi connectivity index (χ4n) is 5.16. The molecule has 1 heterocycles. The van der Waals surface area contributed by atoms with Crippen molar-refractivity contribution in [2.75, 3.05) is 0 Å². The summed E-state index contributed by atoms with van der Waals surface area (Å²) >= 11 is 0. The molecule has 0 bridgehead atoms. The Morgan fingerprint density at radius 3 is 2.65 bits per heavy atom. The van der Waals surface area contributed by atoms with Gasteiger partial charge in [0.1, 0.15) is 0 Å². The van der Waals surface area contributed by atoms with E-state index in [9.17, 15) is 13.2 Å². The van der Waals surface area contributed by atoms with Crippen LogP contribution in [-0.4, -0.2) is 20.6 Å². The molecule has 0 radical (unpaired) electrons. The minimum atomic E-state index is -3.77. The van der Waals surface area contributed by atoms with Gasteiger partial charge in [-0.1, -0.05) is 42.7 Å². The summed E-state index contributed by atoms with van der Waals surface area (Å²) in [5.41, 5.74) is 1.33. The number of sulfonamides is 1. The smallest absolute Gasteiger partial charge is 0.314 e. The Bertz CT molecular complexity index is 845. The highest BCUT2D eigenvalue weighted by molar-refractivity contribution is 7.89. The highest BCUT2D eigenvalue weighted by Crippen LogP contribution is 2.60. The fourth-order valence-corrected chi connectivity index (χ4v) is 6.28. The van der Waals surface area contributed by atoms with Gasteiger partial charge in [0.15, 0.2) is 6.23 Å². The first-order valence-corrected chi connectivity index (χ1v) is 10.8. The van der Waals surface area contributed by atoms with Crippen LogP contribution in [0.4, 0.5) is 0 Å². The van der Waals surface area contributed by atoms with E-state index in [1.54, 1.807) is 24.3 Å². The molecule has 4 rings (SSSR count). The van der Waals surface area contributed by atoms with Crippen LogP contribution in [0.15, 0.2) is 41.3 Å². The zero-order chi connectivity index (χ0) is 18.5. The van der Waals surface area contributed by atoms with Crippen LogP contribution in [0.5, 0.6) is 0 Å². The van der Waals surface area contributed by atoms with Gasteiger partial charge in [0.05, 0.1) is 10.3 Å². The number of cyclic esters (lactones) is 1. The van der Waals surface area contributed by atoms with Gasteiger partial charge in [-0.05, 0) is 50.7 Å². The van der Waals surface area contributed by atoms with E-state index in [-0.39, 0.29) is 22.7 Å². The first kappa shape index (κ1) is 17.7. The molecule has 1 N–H and O–H groups in total. The van der Waals surface area contributed by atoms with E-state index in [4.69, 9.17) is 4.74 Å². The van der Waals surface area contributed by atoms with Crippen LogP contribution in [0, 0.1) is 24.2 Å². The predicted molar refractivity (Wildman–Crippen MR) is 97.6 cm³/mol. The third-order valence-electron chi connectivity index (χ3n) is 6.45. The second kappa shape index (κ2) is 6.20. The van der Waals surface area contributed by atoms with Crippen molar-refractivity contribution in [3.63, 3.8) is 0 Å².